The molecule has 0 spiro atoms. The molecule has 0 rings (SSSR count). The minimum atomic E-state index is -0.635. The lowest BCUT2D eigenvalue weighted by Crippen LogP contribution is -2.29. The molecular weight excluding hydrogens is 154 g/mol. The van der Waals surface area contributed by atoms with Crippen LogP contribution in [0.5, 0.6) is 0 Å². The van der Waals surface area contributed by atoms with Gasteiger partial charge in [-0.3, -0.25) is 0 Å². The van der Waals surface area contributed by atoms with E-state index < -0.39 is 17.6 Å². The maximum Gasteiger partial charge on any atom is 0.390 e. The van der Waals surface area contributed by atoms with Crippen molar-refractivity contribution in [3.63, 3.8) is 0 Å². The van der Waals surface area contributed by atoms with Gasteiger partial charge in [0.2, 0.25) is 0 Å². The molecule has 0 aromatic heterocycles. The van der Waals surface area contributed by atoms with Crippen LogP contribution < -0.4 is 0 Å². The van der Waals surface area contributed by atoms with Crippen LogP contribution in [0.15, 0.2) is 0 Å². The number of hydrogen-bond donors (Lipinski definition) is 0. The number of hydrogen-bond acceptors (Lipinski definition) is 2. The molecule has 0 aliphatic carbocycles. The summed E-state index contributed by atoms with van der Waals surface area (Å²) in [5.41, 5.74) is -0.491. The van der Waals surface area contributed by atoms with Crippen LogP contribution in [0.3, 0.4) is 0 Å². The van der Waals surface area contributed by atoms with Gasteiger partial charge in [-0.25, -0.2) is 11.4 Å². The zero-order valence-corrected chi connectivity index (χ0v) is 8.05. The Balaban J connectivity index is 4.14. The third kappa shape index (κ3) is 3.97. The highest BCUT2D eigenvalue weighted by molar-refractivity contribution is 5.77. The van der Waals surface area contributed by atoms with E-state index >= 15 is 0 Å². The predicted octanol–water partition coefficient (Wildman–Crippen LogP) is 2.03. The number of rotatable bonds is 2. The first-order valence-electron chi connectivity index (χ1n) is 4.00. The maximum atomic E-state index is 11.2. The van der Waals surface area contributed by atoms with Gasteiger partial charge in [0, 0.05) is 6.42 Å². The highest BCUT2D eigenvalue weighted by Crippen LogP contribution is 2.10. The second-order valence-electron chi connectivity index (χ2n) is 3.59. The van der Waals surface area contributed by atoms with Crippen molar-refractivity contribution in [3.05, 3.63) is 11.4 Å². The molecule has 0 aromatic rings. The van der Waals surface area contributed by atoms with Crippen LogP contribution in [0.4, 0.5) is 0 Å². The minimum Gasteiger partial charge on any atom is -0.454 e. The van der Waals surface area contributed by atoms with Crippen molar-refractivity contribution < 1.29 is 9.53 Å². The summed E-state index contributed by atoms with van der Waals surface area (Å²) in [5.74, 6) is -0.417. The van der Waals surface area contributed by atoms with Gasteiger partial charge in [0.15, 0.2) is 0 Å². The summed E-state index contributed by atoms with van der Waals surface area (Å²) in [5, 5.41) is 0. The lowest BCUT2D eigenvalue weighted by Gasteiger charge is -2.19. The summed E-state index contributed by atoms with van der Waals surface area (Å²) >= 11 is 0. The third-order valence-electron chi connectivity index (χ3n) is 1.22. The molecule has 0 saturated carbocycles. The van der Waals surface area contributed by atoms with Crippen LogP contribution in [-0.4, -0.2) is 17.6 Å². The van der Waals surface area contributed by atoms with Crippen LogP contribution in [0, 0.1) is 6.57 Å². The van der Waals surface area contributed by atoms with Gasteiger partial charge in [-0.2, -0.15) is 0 Å². The first-order valence-corrected chi connectivity index (χ1v) is 4.00. The van der Waals surface area contributed by atoms with E-state index in [1.807, 2.05) is 0 Å². The Morgan fingerprint density at radius 1 is 1.58 bits per heavy atom. The molecule has 3 nitrogen and oxygen atoms in total. The van der Waals surface area contributed by atoms with Gasteiger partial charge < -0.3 is 9.58 Å². The smallest absolute Gasteiger partial charge is 0.390 e. The zero-order valence-electron chi connectivity index (χ0n) is 8.05. The Bertz CT molecular complexity index is 198. The summed E-state index contributed by atoms with van der Waals surface area (Å²) in [6.07, 6.45) is 0.512. The molecule has 68 valence electrons. The Labute approximate surface area is 73.5 Å². The average Bonchev–Trinajstić information content (AvgIpc) is 1.85. The number of ether oxygens (including phenoxy) is 1. The fourth-order valence-electron chi connectivity index (χ4n) is 0.680. The van der Waals surface area contributed by atoms with Gasteiger partial charge >= 0.3 is 12.0 Å². The number of esters is 1. The number of carbonyl (C=O) groups is 1. The first-order chi connectivity index (χ1) is 5.40. The lowest BCUT2D eigenvalue weighted by molar-refractivity contribution is -0.155. The van der Waals surface area contributed by atoms with Crippen molar-refractivity contribution in [1.82, 2.24) is 0 Å². The van der Waals surface area contributed by atoms with Gasteiger partial charge in [-0.05, 0) is 20.8 Å². The molecule has 0 radical (unpaired) electrons. The monoisotopic (exact) mass is 169 g/mol. The van der Waals surface area contributed by atoms with Crippen LogP contribution in [0.2, 0.25) is 0 Å². The molecule has 0 unspecified atom stereocenters. The molecule has 12 heavy (non-hydrogen) atoms. The van der Waals surface area contributed by atoms with E-state index in [2.05, 4.69) is 4.85 Å². The Kier molecular flexibility index (Phi) is 3.75. The fourth-order valence-corrected chi connectivity index (χ4v) is 0.680. The topological polar surface area (TPSA) is 30.7 Å². The van der Waals surface area contributed by atoms with E-state index in [0.717, 1.165) is 0 Å². The fraction of sp³-hybridized carbons (Fsp3) is 0.778. The van der Waals surface area contributed by atoms with Gasteiger partial charge in [-0.1, -0.05) is 6.92 Å². The molecule has 0 aromatic carbocycles. The highest BCUT2D eigenvalue weighted by Gasteiger charge is 2.27. The molecule has 1 atom stereocenters. The highest BCUT2D eigenvalue weighted by atomic mass is 16.6. The van der Waals surface area contributed by atoms with Gasteiger partial charge in [0.05, 0.1) is 0 Å². The zero-order chi connectivity index (χ0) is 9.78. The summed E-state index contributed by atoms with van der Waals surface area (Å²) in [7, 11) is 0. The number of nitrogens with zero attached hydrogens (tertiary/aromatic N) is 1. The van der Waals surface area contributed by atoms with Crippen molar-refractivity contribution in [3.8, 4) is 0 Å². The van der Waals surface area contributed by atoms with Crippen LogP contribution in [-0.2, 0) is 9.53 Å². The van der Waals surface area contributed by atoms with Crippen molar-refractivity contribution in [2.24, 2.45) is 0 Å². The minimum absolute atomic E-state index is 0.417. The summed E-state index contributed by atoms with van der Waals surface area (Å²) < 4.78 is 5.03. The van der Waals surface area contributed by atoms with Crippen LogP contribution >= 0.6 is 0 Å². The molecule has 0 aliphatic rings. The second kappa shape index (κ2) is 4.10. The van der Waals surface area contributed by atoms with E-state index in [1.165, 1.54) is 0 Å². The standard InChI is InChI=1S/C9H15NO2/c1-6-7(10-5)8(11)12-9(2,3)4/h7H,6H2,1-4H3/t7-/m0/s1. The molecular formula is C9H15NO2. The molecule has 0 N–H and O–H groups in total. The Hall–Kier alpha value is -1.04. The normalized spacial score (nSPS) is 13.2. The van der Waals surface area contributed by atoms with Gasteiger partial charge in [-0.15, -0.1) is 0 Å². The SMILES string of the molecule is [C-]#[N+][C@@H](CC)C(=O)OC(C)(C)C. The van der Waals surface area contributed by atoms with Gasteiger partial charge in [0.25, 0.3) is 0 Å². The molecule has 0 saturated heterocycles. The predicted molar refractivity (Wildman–Crippen MR) is 46.5 cm³/mol. The van der Waals surface area contributed by atoms with E-state index in [4.69, 9.17) is 11.3 Å². The van der Waals surface area contributed by atoms with Gasteiger partial charge in [0.1, 0.15) is 5.60 Å². The first kappa shape index (κ1) is 11.0. The van der Waals surface area contributed by atoms with Crippen LogP contribution in [0.25, 0.3) is 4.85 Å². The molecule has 0 amide bonds. The third-order valence-corrected chi connectivity index (χ3v) is 1.22. The van der Waals surface area contributed by atoms with E-state index in [-0.39, 0.29) is 0 Å². The van der Waals surface area contributed by atoms with Crippen LogP contribution in [0.1, 0.15) is 34.1 Å². The van der Waals surface area contributed by atoms with Crippen molar-refractivity contribution in [1.29, 1.82) is 0 Å². The van der Waals surface area contributed by atoms with Crippen molar-refractivity contribution >= 4 is 5.97 Å². The summed E-state index contributed by atoms with van der Waals surface area (Å²) in [6, 6.07) is -0.635. The van der Waals surface area contributed by atoms with Crippen molar-refractivity contribution in [2.45, 2.75) is 45.8 Å². The van der Waals surface area contributed by atoms with E-state index in [9.17, 15) is 4.79 Å². The average molecular weight is 169 g/mol. The molecule has 0 heterocycles. The molecule has 0 aliphatic heterocycles. The molecule has 0 fully saturated rings. The second-order valence-corrected chi connectivity index (χ2v) is 3.59. The molecule has 0 bridgehead atoms. The van der Waals surface area contributed by atoms with E-state index in [0.29, 0.717) is 6.42 Å². The lowest BCUT2D eigenvalue weighted by atomic mass is 10.2. The van der Waals surface area contributed by atoms with Crippen molar-refractivity contribution in [2.75, 3.05) is 0 Å². The van der Waals surface area contributed by atoms with E-state index in [1.54, 1.807) is 27.7 Å². The Morgan fingerprint density at radius 3 is 2.33 bits per heavy atom. The molecule has 3 heteroatoms. The maximum absolute atomic E-state index is 11.2. The Morgan fingerprint density at radius 2 is 2.08 bits per heavy atom. The summed E-state index contributed by atoms with van der Waals surface area (Å²) in [6.45, 7) is 13.9. The largest absolute Gasteiger partial charge is 0.454 e. The quantitative estimate of drug-likeness (QED) is 0.467. The number of carbonyl (C=O) groups excluding carboxylic acids is 1. The summed E-state index contributed by atoms with van der Waals surface area (Å²) in [4.78, 5) is 14.4.